The number of allylic oxidation sites excluding steroid dienone is 2. The molecule has 2 aliphatic heterocycles. The second kappa shape index (κ2) is 3.76. The van der Waals surface area contributed by atoms with Crippen molar-refractivity contribution in [2.45, 2.75) is 25.4 Å². The zero-order valence-corrected chi connectivity index (χ0v) is 7.03. The van der Waals surface area contributed by atoms with Gasteiger partial charge in [0, 0.05) is 12.2 Å². The summed E-state index contributed by atoms with van der Waals surface area (Å²) >= 11 is 0. The van der Waals surface area contributed by atoms with Crippen LogP contribution in [0.1, 0.15) is 19.3 Å². The van der Waals surface area contributed by atoms with E-state index in [1.807, 2.05) is 6.08 Å². The molecule has 1 fully saturated rings. The molecule has 0 aromatic heterocycles. The number of hydrogen-bond donors (Lipinski definition) is 0. The van der Waals surface area contributed by atoms with E-state index in [4.69, 9.17) is 9.47 Å². The molecule has 0 spiro atoms. The zero-order chi connectivity index (χ0) is 8.23. The van der Waals surface area contributed by atoms with Crippen LogP contribution in [0.4, 0.5) is 0 Å². The largest absolute Gasteiger partial charge is 0.489 e. The molecule has 0 N–H and O–H groups in total. The third-order valence-corrected chi connectivity index (χ3v) is 2.20. The Hall–Kier alpha value is -0.760. The summed E-state index contributed by atoms with van der Waals surface area (Å²) in [6, 6.07) is 0. The molecule has 0 saturated carbocycles. The molecular weight excluding hydrogens is 152 g/mol. The summed E-state index contributed by atoms with van der Waals surface area (Å²) in [6.45, 7) is 2.66. The van der Waals surface area contributed by atoms with Crippen molar-refractivity contribution >= 4 is 0 Å². The van der Waals surface area contributed by atoms with Crippen LogP contribution in [0.2, 0.25) is 0 Å². The first-order valence-electron chi connectivity index (χ1n) is 4.44. The highest BCUT2D eigenvalue weighted by Crippen LogP contribution is 2.23. The monoisotopic (exact) mass is 165 g/mol. The van der Waals surface area contributed by atoms with E-state index >= 15 is 0 Å². The minimum Gasteiger partial charge on any atom is -0.489 e. The van der Waals surface area contributed by atoms with Gasteiger partial charge in [0.1, 0.15) is 0 Å². The molecule has 2 rings (SSSR count). The summed E-state index contributed by atoms with van der Waals surface area (Å²) < 4.78 is 10.7. The van der Waals surface area contributed by atoms with Crippen molar-refractivity contribution in [3.05, 3.63) is 30.6 Å². The minimum absolute atomic E-state index is 0.267. The SMILES string of the molecule is [CH]1OC=CC=C1C1CCCCO1. The van der Waals surface area contributed by atoms with Crippen molar-refractivity contribution in [3.63, 3.8) is 0 Å². The fourth-order valence-corrected chi connectivity index (χ4v) is 1.54. The van der Waals surface area contributed by atoms with Gasteiger partial charge in [-0.1, -0.05) is 6.08 Å². The molecule has 2 aliphatic rings. The Labute approximate surface area is 72.9 Å². The van der Waals surface area contributed by atoms with Crippen molar-refractivity contribution in [1.82, 2.24) is 0 Å². The Morgan fingerprint density at radius 1 is 1.33 bits per heavy atom. The van der Waals surface area contributed by atoms with Crippen LogP contribution >= 0.6 is 0 Å². The van der Waals surface area contributed by atoms with Crippen LogP contribution in [-0.2, 0) is 9.47 Å². The van der Waals surface area contributed by atoms with Gasteiger partial charge in [-0.25, -0.2) is 0 Å². The Kier molecular flexibility index (Phi) is 2.47. The molecule has 65 valence electrons. The fraction of sp³-hybridized carbons (Fsp3) is 0.500. The number of hydrogen-bond acceptors (Lipinski definition) is 2. The van der Waals surface area contributed by atoms with Gasteiger partial charge in [0.05, 0.1) is 12.4 Å². The maximum atomic E-state index is 5.60. The van der Waals surface area contributed by atoms with E-state index in [2.05, 4.69) is 6.08 Å². The summed E-state index contributed by atoms with van der Waals surface area (Å²) in [7, 11) is 0. The lowest BCUT2D eigenvalue weighted by atomic mass is 10.0. The highest BCUT2D eigenvalue weighted by molar-refractivity contribution is 5.24. The van der Waals surface area contributed by atoms with E-state index in [0.717, 1.165) is 18.6 Å². The third-order valence-electron chi connectivity index (χ3n) is 2.20. The van der Waals surface area contributed by atoms with E-state index in [9.17, 15) is 0 Å². The molecule has 0 bridgehead atoms. The molecule has 2 nitrogen and oxygen atoms in total. The van der Waals surface area contributed by atoms with E-state index in [0.29, 0.717) is 0 Å². The average Bonchev–Trinajstić information content (AvgIpc) is 2.21. The van der Waals surface area contributed by atoms with Gasteiger partial charge in [-0.3, -0.25) is 0 Å². The maximum Gasteiger partial charge on any atom is 0.162 e. The van der Waals surface area contributed by atoms with Crippen LogP contribution in [0.3, 0.4) is 0 Å². The molecule has 2 heterocycles. The molecule has 0 aromatic rings. The normalized spacial score (nSPS) is 29.3. The summed E-state index contributed by atoms with van der Waals surface area (Å²) in [5.41, 5.74) is 1.16. The van der Waals surface area contributed by atoms with E-state index in [1.54, 1.807) is 12.9 Å². The first-order valence-corrected chi connectivity index (χ1v) is 4.44. The molecule has 0 aliphatic carbocycles. The molecule has 1 atom stereocenters. The first kappa shape index (κ1) is 7.87. The van der Waals surface area contributed by atoms with Crippen LogP contribution < -0.4 is 0 Å². The Balaban J connectivity index is 1.97. The van der Waals surface area contributed by atoms with E-state index < -0.39 is 0 Å². The van der Waals surface area contributed by atoms with Crippen LogP contribution in [0.25, 0.3) is 0 Å². The Bertz CT molecular complexity index is 200. The van der Waals surface area contributed by atoms with Gasteiger partial charge in [-0.05, 0) is 25.3 Å². The lowest BCUT2D eigenvalue weighted by Gasteiger charge is -2.25. The van der Waals surface area contributed by atoms with Gasteiger partial charge in [0.25, 0.3) is 0 Å². The number of rotatable bonds is 1. The highest BCUT2D eigenvalue weighted by Gasteiger charge is 2.19. The summed E-state index contributed by atoms with van der Waals surface area (Å²) in [6.07, 6.45) is 9.49. The van der Waals surface area contributed by atoms with Crippen LogP contribution in [0, 0.1) is 6.61 Å². The molecule has 2 heteroatoms. The zero-order valence-electron chi connectivity index (χ0n) is 7.03. The summed E-state index contributed by atoms with van der Waals surface area (Å²) in [5.74, 6) is 0. The third kappa shape index (κ3) is 1.69. The van der Waals surface area contributed by atoms with Gasteiger partial charge >= 0.3 is 0 Å². The molecule has 1 saturated heterocycles. The molecule has 12 heavy (non-hydrogen) atoms. The highest BCUT2D eigenvalue weighted by atomic mass is 16.5. The quantitative estimate of drug-likeness (QED) is 0.593. The predicted molar refractivity (Wildman–Crippen MR) is 46.2 cm³/mol. The fourth-order valence-electron chi connectivity index (χ4n) is 1.54. The standard InChI is InChI=1S/C10H13O2/c1-2-7-12-10(5-1)9-4-3-6-11-8-9/h3-4,6,8,10H,1-2,5,7H2. The van der Waals surface area contributed by atoms with E-state index in [1.165, 1.54) is 12.8 Å². The predicted octanol–water partition coefficient (Wildman–Crippen LogP) is 2.19. The molecule has 1 unspecified atom stereocenters. The topological polar surface area (TPSA) is 18.5 Å². The second-order valence-corrected chi connectivity index (χ2v) is 3.10. The van der Waals surface area contributed by atoms with Crippen LogP contribution in [0.5, 0.6) is 0 Å². The van der Waals surface area contributed by atoms with Gasteiger partial charge in [0.15, 0.2) is 6.61 Å². The second-order valence-electron chi connectivity index (χ2n) is 3.10. The van der Waals surface area contributed by atoms with Crippen molar-refractivity contribution in [2.75, 3.05) is 6.61 Å². The molecule has 1 radical (unpaired) electrons. The molecule has 0 amide bonds. The average molecular weight is 165 g/mol. The van der Waals surface area contributed by atoms with Crippen LogP contribution in [-0.4, -0.2) is 12.7 Å². The minimum atomic E-state index is 0.267. The lowest BCUT2D eigenvalue weighted by molar-refractivity contribution is 0.0362. The van der Waals surface area contributed by atoms with Gasteiger partial charge < -0.3 is 9.47 Å². The van der Waals surface area contributed by atoms with E-state index in [-0.39, 0.29) is 6.10 Å². The summed E-state index contributed by atoms with van der Waals surface area (Å²) in [5, 5.41) is 0. The van der Waals surface area contributed by atoms with Crippen molar-refractivity contribution in [3.8, 4) is 0 Å². The maximum absolute atomic E-state index is 5.60. The van der Waals surface area contributed by atoms with Gasteiger partial charge in [-0.2, -0.15) is 0 Å². The summed E-state index contributed by atoms with van der Waals surface area (Å²) in [4.78, 5) is 0. The Morgan fingerprint density at radius 2 is 2.33 bits per heavy atom. The Morgan fingerprint density at radius 3 is 3.00 bits per heavy atom. The molecular formula is C10H13O2. The first-order chi connectivity index (χ1) is 5.97. The number of ether oxygens (including phenoxy) is 2. The van der Waals surface area contributed by atoms with Gasteiger partial charge in [0.2, 0.25) is 0 Å². The van der Waals surface area contributed by atoms with Crippen molar-refractivity contribution in [2.24, 2.45) is 0 Å². The van der Waals surface area contributed by atoms with Crippen LogP contribution in [0.15, 0.2) is 24.0 Å². The molecule has 0 aromatic carbocycles. The van der Waals surface area contributed by atoms with Crippen molar-refractivity contribution < 1.29 is 9.47 Å². The lowest BCUT2D eigenvalue weighted by Crippen LogP contribution is -2.22. The van der Waals surface area contributed by atoms with Crippen molar-refractivity contribution in [1.29, 1.82) is 0 Å². The van der Waals surface area contributed by atoms with Gasteiger partial charge in [-0.15, -0.1) is 0 Å². The smallest absolute Gasteiger partial charge is 0.162 e.